The first kappa shape index (κ1) is 15.2. The van der Waals surface area contributed by atoms with Gasteiger partial charge in [0, 0.05) is 18.6 Å². The zero-order valence-corrected chi connectivity index (χ0v) is 13.3. The van der Waals surface area contributed by atoms with Crippen LogP contribution in [0.3, 0.4) is 0 Å². The van der Waals surface area contributed by atoms with Crippen molar-refractivity contribution in [1.82, 2.24) is 9.97 Å². The van der Waals surface area contributed by atoms with Gasteiger partial charge < -0.3 is 0 Å². The minimum atomic E-state index is -3.65. The molecule has 23 heavy (non-hydrogen) atoms. The lowest BCUT2D eigenvalue weighted by Gasteiger charge is -2.08. The van der Waals surface area contributed by atoms with Crippen LogP contribution in [0.5, 0.6) is 0 Å². The maximum absolute atomic E-state index is 12.4. The summed E-state index contributed by atoms with van der Waals surface area (Å²) in [5, 5.41) is 0. The second-order valence-electron chi connectivity index (χ2n) is 5.08. The van der Waals surface area contributed by atoms with Gasteiger partial charge in [0.2, 0.25) is 0 Å². The number of pyridine rings is 2. The maximum Gasteiger partial charge on any atom is 0.263 e. The summed E-state index contributed by atoms with van der Waals surface area (Å²) < 4.78 is 27.3. The molecule has 0 aliphatic heterocycles. The molecular weight excluding hydrogens is 310 g/mol. The van der Waals surface area contributed by atoms with Crippen molar-refractivity contribution in [3.05, 3.63) is 72.7 Å². The van der Waals surface area contributed by atoms with Crippen LogP contribution in [0.25, 0.3) is 11.1 Å². The monoisotopic (exact) mass is 325 g/mol. The summed E-state index contributed by atoms with van der Waals surface area (Å²) in [6, 6.07) is 13.9. The zero-order valence-electron chi connectivity index (χ0n) is 12.5. The maximum atomic E-state index is 12.4. The summed E-state index contributed by atoms with van der Waals surface area (Å²) >= 11 is 0. The molecule has 0 unspecified atom stereocenters. The topological polar surface area (TPSA) is 72.0 Å². The lowest BCUT2D eigenvalue weighted by atomic mass is 10.1. The highest BCUT2D eigenvalue weighted by Crippen LogP contribution is 2.21. The molecule has 6 heteroatoms. The molecule has 5 nitrogen and oxygen atoms in total. The van der Waals surface area contributed by atoms with E-state index in [1.165, 1.54) is 0 Å². The molecule has 3 aromatic rings. The third kappa shape index (κ3) is 3.54. The Balaban J connectivity index is 1.86. The van der Waals surface area contributed by atoms with Gasteiger partial charge in [-0.05, 0) is 60.0 Å². The van der Waals surface area contributed by atoms with Crippen LogP contribution < -0.4 is 4.72 Å². The normalized spacial score (nSPS) is 11.2. The highest BCUT2D eigenvalue weighted by Gasteiger charge is 2.14. The predicted octanol–water partition coefficient (Wildman–Crippen LogP) is 3.25. The van der Waals surface area contributed by atoms with Gasteiger partial charge in [-0.3, -0.25) is 9.71 Å². The molecule has 0 radical (unpaired) electrons. The lowest BCUT2D eigenvalue weighted by molar-refractivity contribution is 0.601. The van der Waals surface area contributed by atoms with Crippen molar-refractivity contribution in [2.75, 3.05) is 4.72 Å². The van der Waals surface area contributed by atoms with Crippen LogP contribution in [0.1, 0.15) is 5.56 Å². The molecule has 1 N–H and O–H groups in total. The van der Waals surface area contributed by atoms with E-state index >= 15 is 0 Å². The van der Waals surface area contributed by atoms with Gasteiger partial charge in [-0.1, -0.05) is 12.1 Å². The Kier molecular flexibility index (Phi) is 4.08. The van der Waals surface area contributed by atoms with Crippen LogP contribution in [-0.4, -0.2) is 18.4 Å². The fourth-order valence-corrected chi connectivity index (χ4v) is 3.16. The van der Waals surface area contributed by atoms with Crippen molar-refractivity contribution >= 4 is 15.8 Å². The number of benzene rings is 1. The van der Waals surface area contributed by atoms with Crippen molar-refractivity contribution in [1.29, 1.82) is 0 Å². The third-order valence-corrected chi connectivity index (χ3v) is 4.70. The fourth-order valence-electron chi connectivity index (χ4n) is 2.16. The molecule has 0 saturated carbocycles. The van der Waals surface area contributed by atoms with E-state index < -0.39 is 10.0 Å². The first-order valence-electron chi connectivity index (χ1n) is 7.00. The molecule has 2 heterocycles. The molecule has 0 fully saturated rings. The molecule has 0 aliphatic rings. The van der Waals surface area contributed by atoms with E-state index in [1.807, 2.05) is 19.1 Å². The van der Waals surface area contributed by atoms with Crippen molar-refractivity contribution in [2.24, 2.45) is 0 Å². The van der Waals surface area contributed by atoms with Crippen molar-refractivity contribution in [3.8, 4) is 11.1 Å². The molecule has 2 aromatic heterocycles. The van der Waals surface area contributed by atoms with E-state index in [-0.39, 0.29) is 4.90 Å². The lowest BCUT2D eigenvalue weighted by Crippen LogP contribution is -2.13. The smallest absolute Gasteiger partial charge is 0.263 e. The Morgan fingerprint density at radius 3 is 2.17 bits per heavy atom. The number of aryl methyl sites for hydroxylation is 1. The van der Waals surface area contributed by atoms with Crippen LogP contribution in [0.2, 0.25) is 0 Å². The second kappa shape index (κ2) is 6.18. The van der Waals surface area contributed by atoms with Crippen LogP contribution in [0.4, 0.5) is 5.82 Å². The van der Waals surface area contributed by atoms with E-state index in [4.69, 9.17) is 0 Å². The standard InChI is InChI=1S/C17H15N3O2S/c1-13-6-11-19-17(12-13)20-23(21,22)16-4-2-14(3-5-16)15-7-9-18-10-8-15/h2-12H,1H3,(H,19,20). The van der Waals surface area contributed by atoms with Crippen LogP contribution in [-0.2, 0) is 10.0 Å². The minimum Gasteiger partial charge on any atom is -0.265 e. The Morgan fingerprint density at radius 1 is 0.870 bits per heavy atom. The fraction of sp³-hybridized carbons (Fsp3) is 0.0588. The highest BCUT2D eigenvalue weighted by atomic mass is 32.2. The molecule has 0 spiro atoms. The molecule has 0 saturated heterocycles. The minimum absolute atomic E-state index is 0.193. The van der Waals surface area contributed by atoms with Crippen LogP contribution in [0.15, 0.2) is 72.0 Å². The van der Waals surface area contributed by atoms with Crippen molar-refractivity contribution in [2.45, 2.75) is 11.8 Å². The van der Waals surface area contributed by atoms with E-state index in [0.29, 0.717) is 5.82 Å². The van der Waals surface area contributed by atoms with Gasteiger partial charge in [-0.25, -0.2) is 13.4 Å². The summed E-state index contributed by atoms with van der Waals surface area (Å²) in [5.41, 5.74) is 2.85. The highest BCUT2D eigenvalue weighted by molar-refractivity contribution is 7.92. The predicted molar refractivity (Wildman–Crippen MR) is 89.5 cm³/mol. The molecule has 1 aromatic carbocycles. The number of aromatic nitrogens is 2. The Bertz CT molecular complexity index is 908. The van der Waals surface area contributed by atoms with Gasteiger partial charge in [-0.15, -0.1) is 0 Å². The second-order valence-corrected chi connectivity index (χ2v) is 6.77. The Hall–Kier alpha value is -2.73. The Morgan fingerprint density at radius 2 is 1.52 bits per heavy atom. The van der Waals surface area contributed by atoms with Gasteiger partial charge in [-0.2, -0.15) is 0 Å². The molecule has 3 rings (SSSR count). The zero-order chi connectivity index (χ0) is 16.3. The van der Waals surface area contributed by atoms with Gasteiger partial charge in [0.15, 0.2) is 0 Å². The summed E-state index contributed by atoms with van der Waals surface area (Å²) in [5.74, 6) is 0.309. The Labute approximate surface area is 135 Å². The summed E-state index contributed by atoms with van der Waals surface area (Å²) in [6.45, 7) is 1.88. The third-order valence-electron chi connectivity index (χ3n) is 3.33. The van der Waals surface area contributed by atoms with E-state index in [9.17, 15) is 8.42 Å². The van der Waals surface area contributed by atoms with Crippen LogP contribution >= 0.6 is 0 Å². The average molecular weight is 325 g/mol. The number of anilines is 1. The van der Waals surface area contributed by atoms with Gasteiger partial charge in [0.05, 0.1) is 4.90 Å². The average Bonchev–Trinajstić information content (AvgIpc) is 2.55. The summed E-state index contributed by atoms with van der Waals surface area (Å²) in [7, 11) is -3.65. The number of sulfonamides is 1. The molecule has 0 atom stereocenters. The number of nitrogens with zero attached hydrogens (tertiary/aromatic N) is 2. The van der Waals surface area contributed by atoms with Crippen LogP contribution in [0, 0.1) is 6.92 Å². The van der Waals surface area contributed by atoms with E-state index in [0.717, 1.165) is 16.7 Å². The quantitative estimate of drug-likeness (QED) is 0.799. The molecule has 116 valence electrons. The SMILES string of the molecule is Cc1ccnc(NS(=O)(=O)c2ccc(-c3ccncc3)cc2)c1. The molecule has 0 bridgehead atoms. The molecular formula is C17H15N3O2S. The summed E-state index contributed by atoms with van der Waals surface area (Å²) in [6.07, 6.45) is 4.97. The first-order valence-corrected chi connectivity index (χ1v) is 8.49. The number of nitrogens with one attached hydrogen (secondary N) is 1. The van der Waals surface area contributed by atoms with Gasteiger partial charge in [0.1, 0.15) is 5.82 Å². The number of hydrogen-bond donors (Lipinski definition) is 1. The van der Waals surface area contributed by atoms with Crippen molar-refractivity contribution < 1.29 is 8.42 Å². The molecule has 0 amide bonds. The molecule has 0 aliphatic carbocycles. The van der Waals surface area contributed by atoms with Crippen molar-refractivity contribution in [3.63, 3.8) is 0 Å². The van der Waals surface area contributed by atoms with Gasteiger partial charge >= 0.3 is 0 Å². The van der Waals surface area contributed by atoms with E-state index in [2.05, 4.69) is 14.7 Å². The largest absolute Gasteiger partial charge is 0.265 e. The number of rotatable bonds is 4. The first-order chi connectivity index (χ1) is 11.0. The van der Waals surface area contributed by atoms with Gasteiger partial charge in [0.25, 0.3) is 10.0 Å². The summed E-state index contributed by atoms with van der Waals surface area (Å²) in [4.78, 5) is 8.18. The van der Waals surface area contributed by atoms with E-state index in [1.54, 1.807) is 55.0 Å². The number of hydrogen-bond acceptors (Lipinski definition) is 4.